The average molecular weight is 246 g/mol. The van der Waals surface area contributed by atoms with Crippen LogP contribution in [-0.4, -0.2) is 16.2 Å². The first-order valence-electron chi connectivity index (χ1n) is 5.91. The molecule has 1 atom stereocenters. The molecule has 0 bridgehead atoms. The first-order valence-corrected chi connectivity index (χ1v) is 5.91. The lowest BCUT2D eigenvalue weighted by atomic mass is 10.0. The van der Waals surface area contributed by atoms with Crippen molar-refractivity contribution in [2.75, 3.05) is 6.61 Å². The monoisotopic (exact) mass is 246 g/mol. The molecule has 1 unspecified atom stereocenters. The number of imidazole rings is 1. The first-order chi connectivity index (χ1) is 8.74. The molecular weight excluding hydrogens is 228 g/mol. The highest BCUT2D eigenvalue weighted by Crippen LogP contribution is 2.23. The van der Waals surface area contributed by atoms with Gasteiger partial charge in [-0.1, -0.05) is 12.1 Å². The minimum atomic E-state index is -0.133. The average Bonchev–Trinajstić information content (AvgIpc) is 2.78. The molecule has 0 saturated carbocycles. The van der Waals surface area contributed by atoms with Crippen molar-refractivity contribution in [2.45, 2.75) is 13.0 Å². The van der Waals surface area contributed by atoms with Gasteiger partial charge in [0.05, 0.1) is 24.7 Å². The highest BCUT2D eigenvalue weighted by molar-refractivity contribution is 5.34. The van der Waals surface area contributed by atoms with Gasteiger partial charge in [-0.3, -0.25) is 5.84 Å². The summed E-state index contributed by atoms with van der Waals surface area (Å²) in [7, 11) is 1.93. The molecule has 1 aromatic heterocycles. The number of aromatic nitrogens is 2. The molecule has 1 heterocycles. The van der Waals surface area contributed by atoms with Crippen LogP contribution in [0.15, 0.2) is 36.8 Å². The second kappa shape index (κ2) is 5.66. The molecule has 1 aromatic carbocycles. The Kier molecular flexibility index (Phi) is 3.96. The number of benzene rings is 1. The summed E-state index contributed by atoms with van der Waals surface area (Å²) in [6.45, 7) is 2.61. The second-order valence-electron chi connectivity index (χ2n) is 4.07. The van der Waals surface area contributed by atoms with Crippen LogP contribution in [0.3, 0.4) is 0 Å². The van der Waals surface area contributed by atoms with E-state index in [9.17, 15) is 0 Å². The Morgan fingerprint density at radius 3 is 2.94 bits per heavy atom. The minimum absolute atomic E-state index is 0.133. The number of rotatable bonds is 5. The molecule has 0 amide bonds. The molecule has 2 rings (SSSR count). The molecule has 18 heavy (non-hydrogen) atoms. The maximum absolute atomic E-state index is 5.63. The molecule has 2 aromatic rings. The van der Waals surface area contributed by atoms with E-state index < -0.39 is 0 Å². The van der Waals surface area contributed by atoms with Crippen LogP contribution in [0.4, 0.5) is 0 Å². The lowest BCUT2D eigenvalue weighted by Gasteiger charge is -2.15. The fourth-order valence-corrected chi connectivity index (χ4v) is 1.89. The predicted molar refractivity (Wildman–Crippen MR) is 70.0 cm³/mol. The standard InChI is InChI=1S/C13H18N4O/c1-3-18-11-6-4-5-10(7-11)13(16-14)12-8-17(2)9-15-12/h4-9,13,16H,3,14H2,1-2H3. The SMILES string of the molecule is CCOc1cccc(C(NN)c2cn(C)cn2)c1. The number of hydrogen-bond donors (Lipinski definition) is 2. The van der Waals surface area contributed by atoms with Crippen molar-refractivity contribution in [1.82, 2.24) is 15.0 Å². The van der Waals surface area contributed by atoms with E-state index in [1.807, 2.05) is 49.0 Å². The van der Waals surface area contributed by atoms with Crippen molar-refractivity contribution in [2.24, 2.45) is 12.9 Å². The number of hydrazine groups is 1. The van der Waals surface area contributed by atoms with E-state index in [0.717, 1.165) is 17.0 Å². The zero-order valence-electron chi connectivity index (χ0n) is 10.6. The van der Waals surface area contributed by atoms with E-state index >= 15 is 0 Å². The Labute approximate surface area is 107 Å². The molecule has 0 aliphatic heterocycles. The summed E-state index contributed by atoms with van der Waals surface area (Å²) in [5, 5.41) is 0. The maximum atomic E-state index is 5.63. The van der Waals surface area contributed by atoms with Gasteiger partial charge < -0.3 is 9.30 Å². The fourth-order valence-electron chi connectivity index (χ4n) is 1.89. The number of nitrogens with two attached hydrogens (primary N) is 1. The van der Waals surface area contributed by atoms with Crippen LogP contribution in [0.2, 0.25) is 0 Å². The van der Waals surface area contributed by atoms with Crippen LogP contribution in [0.25, 0.3) is 0 Å². The van der Waals surface area contributed by atoms with Crippen LogP contribution in [0.1, 0.15) is 24.2 Å². The Bertz CT molecular complexity index is 509. The number of nitrogens with zero attached hydrogens (tertiary/aromatic N) is 2. The van der Waals surface area contributed by atoms with Crippen molar-refractivity contribution in [3.8, 4) is 5.75 Å². The molecule has 5 heteroatoms. The second-order valence-corrected chi connectivity index (χ2v) is 4.07. The van der Waals surface area contributed by atoms with Gasteiger partial charge in [-0.05, 0) is 24.6 Å². The van der Waals surface area contributed by atoms with Gasteiger partial charge in [0.2, 0.25) is 0 Å². The Balaban J connectivity index is 2.29. The van der Waals surface area contributed by atoms with Crippen molar-refractivity contribution < 1.29 is 4.74 Å². The summed E-state index contributed by atoms with van der Waals surface area (Å²) in [5.41, 5.74) is 4.70. The largest absolute Gasteiger partial charge is 0.494 e. The highest BCUT2D eigenvalue weighted by Gasteiger charge is 2.15. The van der Waals surface area contributed by atoms with E-state index in [0.29, 0.717) is 6.61 Å². The summed E-state index contributed by atoms with van der Waals surface area (Å²) < 4.78 is 7.38. The third kappa shape index (κ3) is 2.69. The fraction of sp³-hybridized carbons (Fsp3) is 0.308. The molecule has 5 nitrogen and oxygen atoms in total. The number of ether oxygens (including phenoxy) is 1. The Morgan fingerprint density at radius 2 is 2.33 bits per heavy atom. The summed E-state index contributed by atoms with van der Waals surface area (Å²) in [6, 6.07) is 7.73. The zero-order chi connectivity index (χ0) is 13.0. The van der Waals surface area contributed by atoms with Gasteiger partial charge in [-0.2, -0.15) is 0 Å². The molecule has 0 radical (unpaired) electrons. The topological polar surface area (TPSA) is 65.1 Å². The molecule has 0 aliphatic carbocycles. The summed E-state index contributed by atoms with van der Waals surface area (Å²) in [4.78, 5) is 4.32. The van der Waals surface area contributed by atoms with Crippen molar-refractivity contribution in [1.29, 1.82) is 0 Å². The van der Waals surface area contributed by atoms with Crippen molar-refractivity contribution in [3.05, 3.63) is 48.0 Å². The van der Waals surface area contributed by atoms with Crippen LogP contribution >= 0.6 is 0 Å². The third-order valence-corrected chi connectivity index (χ3v) is 2.69. The summed E-state index contributed by atoms with van der Waals surface area (Å²) in [5.74, 6) is 6.47. The quantitative estimate of drug-likeness (QED) is 0.618. The molecule has 0 fully saturated rings. The number of aryl methyl sites for hydroxylation is 1. The predicted octanol–water partition coefficient (Wildman–Crippen LogP) is 1.37. The first kappa shape index (κ1) is 12.6. The lowest BCUT2D eigenvalue weighted by molar-refractivity contribution is 0.339. The zero-order valence-corrected chi connectivity index (χ0v) is 10.6. The van der Waals surface area contributed by atoms with Gasteiger partial charge in [0, 0.05) is 13.2 Å². The van der Waals surface area contributed by atoms with Gasteiger partial charge in [0.15, 0.2) is 0 Å². The Hall–Kier alpha value is -1.85. The van der Waals surface area contributed by atoms with Crippen LogP contribution in [0.5, 0.6) is 5.75 Å². The number of nitrogens with one attached hydrogen (secondary N) is 1. The Morgan fingerprint density at radius 1 is 1.50 bits per heavy atom. The minimum Gasteiger partial charge on any atom is -0.494 e. The lowest BCUT2D eigenvalue weighted by Crippen LogP contribution is -2.29. The van der Waals surface area contributed by atoms with Gasteiger partial charge in [0.1, 0.15) is 5.75 Å². The third-order valence-electron chi connectivity index (χ3n) is 2.69. The van der Waals surface area contributed by atoms with E-state index in [1.54, 1.807) is 6.33 Å². The normalized spacial score (nSPS) is 12.4. The smallest absolute Gasteiger partial charge is 0.119 e. The van der Waals surface area contributed by atoms with Gasteiger partial charge in [-0.25, -0.2) is 10.4 Å². The molecule has 0 saturated heterocycles. The van der Waals surface area contributed by atoms with E-state index in [2.05, 4.69) is 10.4 Å². The molecular formula is C13H18N4O. The van der Waals surface area contributed by atoms with Gasteiger partial charge >= 0.3 is 0 Å². The van der Waals surface area contributed by atoms with Crippen LogP contribution in [-0.2, 0) is 7.05 Å². The van der Waals surface area contributed by atoms with Crippen LogP contribution < -0.4 is 16.0 Å². The van der Waals surface area contributed by atoms with Gasteiger partial charge in [0.25, 0.3) is 0 Å². The molecule has 3 N–H and O–H groups in total. The van der Waals surface area contributed by atoms with Crippen LogP contribution in [0, 0.1) is 0 Å². The van der Waals surface area contributed by atoms with E-state index in [-0.39, 0.29) is 6.04 Å². The maximum Gasteiger partial charge on any atom is 0.119 e. The molecule has 0 spiro atoms. The molecule has 0 aliphatic rings. The van der Waals surface area contributed by atoms with E-state index in [4.69, 9.17) is 10.6 Å². The summed E-state index contributed by atoms with van der Waals surface area (Å²) >= 11 is 0. The van der Waals surface area contributed by atoms with E-state index in [1.165, 1.54) is 0 Å². The van der Waals surface area contributed by atoms with Crippen molar-refractivity contribution >= 4 is 0 Å². The van der Waals surface area contributed by atoms with Crippen molar-refractivity contribution in [3.63, 3.8) is 0 Å². The summed E-state index contributed by atoms with van der Waals surface area (Å²) in [6.07, 6.45) is 3.70. The highest BCUT2D eigenvalue weighted by atomic mass is 16.5. The van der Waals surface area contributed by atoms with Gasteiger partial charge in [-0.15, -0.1) is 0 Å². The molecule has 96 valence electrons. The number of hydrogen-bond acceptors (Lipinski definition) is 4.